The Morgan fingerprint density at radius 2 is 1.49 bits per heavy atom. The van der Waals surface area contributed by atoms with Crippen LogP contribution in [0.5, 0.6) is 17.2 Å². The maximum absolute atomic E-state index is 15.2. The van der Waals surface area contributed by atoms with Gasteiger partial charge < -0.3 is 28.8 Å². The lowest BCUT2D eigenvalue weighted by molar-refractivity contribution is -0.137. The van der Waals surface area contributed by atoms with Crippen molar-refractivity contribution in [2.75, 3.05) is 44.5 Å². The molecule has 1 N–H and O–H groups in total. The van der Waals surface area contributed by atoms with E-state index in [0.717, 1.165) is 49.3 Å². The number of carbonyl (C=O) groups is 2. The number of anilines is 2. The molecule has 1 fully saturated rings. The minimum absolute atomic E-state index is 0.00782. The predicted molar refractivity (Wildman–Crippen MR) is 206 cm³/mol. The molecule has 0 spiro atoms. The average molecular weight is 779 g/mol. The van der Waals surface area contributed by atoms with Crippen LogP contribution in [0.25, 0.3) is 11.3 Å². The molecule has 2 amide bonds. The summed E-state index contributed by atoms with van der Waals surface area (Å²) in [6, 6.07) is 23.9. The quantitative estimate of drug-likeness (QED) is 0.180. The molecule has 4 aliphatic heterocycles. The maximum Gasteiger partial charge on any atom is 0.416 e. The maximum atomic E-state index is 15.2. The lowest BCUT2D eigenvalue weighted by Gasteiger charge is -2.40. The Morgan fingerprint density at radius 1 is 0.807 bits per heavy atom. The van der Waals surface area contributed by atoms with E-state index >= 15 is 4.79 Å². The van der Waals surface area contributed by atoms with Crippen LogP contribution in [-0.4, -0.2) is 77.0 Å². The van der Waals surface area contributed by atoms with Gasteiger partial charge in [-0.25, -0.2) is 0 Å². The van der Waals surface area contributed by atoms with Crippen LogP contribution >= 0.6 is 0 Å². The summed E-state index contributed by atoms with van der Waals surface area (Å²) in [6.45, 7) is 4.60. The van der Waals surface area contributed by atoms with Crippen molar-refractivity contribution in [1.82, 2.24) is 14.4 Å². The van der Waals surface area contributed by atoms with Crippen molar-refractivity contribution in [1.29, 1.82) is 0 Å². The molecule has 1 saturated heterocycles. The number of rotatable bonds is 7. The largest absolute Gasteiger partial charge is 0.508 e. The predicted octanol–water partition coefficient (Wildman–Crippen LogP) is 7.82. The third-order valence-corrected chi connectivity index (χ3v) is 11.5. The summed E-state index contributed by atoms with van der Waals surface area (Å²) >= 11 is 0. The Kier molecular flexibility index (Phi) is 9.65. The smallest absolute Gasteiger partial charge is 0.416 e. The first kappa shape index (κ1) is 36.8. The molecule has 0 bridgehead atoms. The molecule has 5 heterocycles. The second kappa shape index (κ2) is 14.9. The fourth-order valence-corrected chi connectivity index (χ4v) is 8.55. The first-order valence-corrected chi connectivity index (χ1v) is 19.3. The number of hydrogen-bond acceptors (Lipinski definition) is 7. The van der Waals surface area contributed by atoms with E-state index < -0.39 is 17.6 Å². The summed E-state index contributed by atoms with van der Waals surface area (Å²) in [5.41, 5.74) is 4.90. The van der Waals surface area contributed by atoms with Gasteiger partial charge in [0.1, 0.15) is 5.75 Å². The molecule has 57 heavy (non-hydrogen) atoms. The van der Waals surface area contributed by atoms with Crippen molar-refractivity contribution in [3.05, 3.63) is 125 Å². The van der Waals surface area contributed by atoms with Crippen LogP contribution in [0.4, 0.5) is 24.5 Å². The molecule has 0 radical (unpaired) electrons. The second-order valence-corrected chi connectivity index (χ2v) is 14.9. The molecule has 0 saturated carbocycles. The normalized spacial score (nSPS) is 17.9. The number of ether oxygens (including phenoxy) is 3. The van der Waals surface area contributed by atoms with Crippen molar-refractivity contribution < 1.29 is 42.1 Å². The Hall–Kier alpha value is -5.79. The van der Waals surface area contributed by atoms with Gasteiger partial charge in [-0.15, -0.1) is 0 Å². The van der Waals surface area contributed by atoms with Gasteiger partial charge in [0.25, 0.3) is 11.8 Å². The van der Waals surface area contributed by atoms with Crippen LogP contribution in [0.2, 0.25) is 0 Å². The summed E-state index contributed by atoms with van der Waals surface area (Å²) in [4.78, 5) is 35.8. The monoisotopic (exact) mass is 778 g/mol. The minimum Gasteiger partial charge on any atom is -0.508 e. The average Bonchev–Trinajstić information content (AvgIpc) is 3.85. The van der Waals surface area contributed by atoms with Crippen LogP contribution in [0, 0.1) is 0 Å². The number of aromatic nitrogens is 1. The number of benzene rings is 4. The molecule has 0 unspecified atom stereocenters. The molecule has 294 valence electrons. The molecule has 4 aromatic carbocycles. The van der Waals surface area contributed by atoms with Gasteiger partial charge >= 0.3 is 6.18 Å². The van der Waals surface area contributed by atoms with Crippen LogP contribution in [-0.2, 0) is 36.8 Å². The molecule has 13 heteroatoms. The number of fused-ring (bicyclic) bond motifs is 3. The van der Waals surface area contributed by atoms with E-state index in [0.29, 0.717) is 85.3 Å². The van der Waals surface area contributed by atoms with Gasteiger partial charge in [-0.3, -0.25) is 19.4 Å². The summed E-state index contributed by atoms with van der Waals surface area (Å²) in [5, 5.41) is 10.1. The Labute approximate surface area is 327 Å². The fraction of sp³-hybridized carbons (Fsp3) is 0.318. The highest BCUT2D eigenvalue weighted by atomic mass is 19.4. The third kappa shape index (κ3) is 7.10. The number of halogens is 3. The Bertz CT molecular complexity index is 2320. The van der Waals surface area contributed by atoms with Gasteiger partial charge in [-0.2, -0.15) is 13.2 Å². The number of nitrogens with zero attached hydrogens (tertiary/aromatic N) is 4. The van der Waals surface area contributed by atoms with Gasteiger partial charge in [-0.1, -0.05) is 24.3 Å². The summed E-state index contributed by atoms with van der Waals surface area (Å²) in [5.74, 6) is 0.318. The van der Waals surface area contributed by atoms with E-state index in [2.05, 4.69) is 21.6 Å². The van der Waals surface area contributed by atoms with E-state index in [9.17, 15) is 23.1 Å². The first-order valence-electron chi connectivity index (χ1n) is 19.3. The molecular weight excluding hydrogens is 738 g/mol. The van der Waals surface area contributed by atoms with Crippen molar-refractivity contribution in [2.24, 2.45) is 0 Å². The zero-order valence-corrected chi connectivity index (χ0v) is 31.1. The molecule has 10 nitrogen and oxygen atoms in total. The highest BCUT2D eigenvalue weighted by Crippen LogP contribution is 2.43. The fourth-order valence-electron chi connectivity index (χ4n) is 8.55. The standard InChI is InChI=1S/C44H41F3N4O6/c45-44(46,47)30-8-10-31(11-9-30)51(32-12-14-34(52)15-13-32)43(54)37-22-39(49-16-4-3-7-38(37)49)35-23-40-41(57-27-56-40)24-36(35)42(53)50-25-29-6-2-1-5-28(29)21-33(50)26-48-17-19-55-20-18-48/h1-2,5-6,8-15,22-24,33,52H,3-4,7,16-21,25-27H2/t33-/m0/s1. The van der Waals surface area contributed by atoms with E-state index in [4.69, 9.17) is 14.2 Å². The first-order chi connectivity index (χ1) is 27.6. The van der Waals surface area contributed by atoms with Gasteiger partial charge in [0.15, 0.2) is 11.5 Å². The lowest BCUT2D eigenvalue weighted by atomic mass is 9.92. The van der Waals surface area contributed by atoms with Gasteiger partial charge in [0, 0.05) is 67.1 Å². The molecule has 0 aliphatic carbocycles. The number of morpholine rings is 1. The van der Waals surface area contributed by atoms with Crippen molar-refractivity contribution in [3.63, 3.8) is 0 Å². The van der Waals surface area contributed by atoms with E-state index in [1.807, 2.05) is 23.1 Å². The van der Waals surface area contributed by atoms with E-state index in [1.165, 1.54) is 34.7 Å². The number of hydrogen-bond donors (Lipinski definition) is 1. The second-order valence-electron chi connectivity index (χ2n) is 14.9. The number of amides is 2. The van der Waals surface area contributed by atoms with Crippen LogP contribution in [0.15, 0.2) is 91.0 Å². The number of alkyl halides is 3. The molecule has 4 aliphatic rings. The van der Waals surface area contributed by atoms with Crippen molar-refractivity contribution in [2.45, 2.75) is 51.0 Å². The lowest BCUT2D eigenvalue weighted by Crippen LogP contribution is -2.52. The van der Waals surface area contributed by atoms with Gasteiger partial charge in [-0.05, 0) is 104 Å². The molecule has 9 rings (SSSR count). The highest BCUT2D eigenvalue weighted by Gasteiger charge is 2.37. The van der Waals surface area contributed by atoms with Gasteiger partial charge in [0.05, 0.1) is 29.9 Å². The number of phenols is 1. The molecule has 1 atom stereocenters. The topological polar surface area (TPSA) is 96.7 Å². The molecule has 1 aromatic heterocycles. The molecule has 5 aromatic rings. The summed E-state index contributed by atoms with van der Waals surface area (Å²) in [6.07, 6.45) is -1.60. The van der Waals surface area contributed by atoms with Crippen LogP contribution < -0.4 is 14.4 Å². The van der Waals surface area contributed by atoms with E-state index in [1.54, 1.807) is 24.3 Å². The van der Waals surface area contributed by atoms with Crippen molar-refractivity contribution in [3.8, 4) is 28.5 Å². The zero-order valence-electron chi connectivity index (χ0n) is 31.1. The SMILES string of the molecule is O=C(c1cc(-c2cc3c(cc2C(=O)N2Cc4ccccc4C[C@H]2CN2CCOCC2)OCO3)n2c1CCCC2)N(c1ccc(O)cc1)c1ccc(C(F)(F)F)cc1. The highest BCUT2D eigenvalue weighted by molar-refractivity contribution is 6.13. The zero-order chi connectivity index (χ0) is 39.3. The minimum atomic E-state index is -4.55. The third-order valence-electron chi connectivity index (χ3n) is 11.5. The number of phenolic OH excluding ortho intramolecular Hbond substituents is 1. The molecular formula is C44H41F3N4O6. The summed E-state index contributed by atoms with van der Waals surface area (Å²) < 4.78 is 60.1. The Morgan fingerprint density at radius 3 is 2.21 bits per heavy atom. The number of aromatic hydroxyl groups is 1. The van der Waals surface area contributed by atoms with Crippen LogP contribution in [0.3, 0.4) is 0 Å². The van der Waals surface area contributed by atoms with Crippen LogP contribution in [0.1, 0.15) is 55.9 Å². The van der Waals surface area contributed by atoms with Gasteiger partial charge in [0.2, 0.25) is 6.79 Å². The number of carbonyl (C=O) groups excluding carboxylic acids is 2. The summed E-state index contributed by atoms with van der Waals surface area (Å²) in [7, 11) is 0. The Balaban J connectivity index is 1.15. The van der Waals surface area contributed by atoms with E-state index in [-0.39, 0.29) is 30.2 Å². The van der Waals surface area contributed by atoms with Crippen molar-refractivity contribution >= 4 is 23.2 Å².